The number of rotatable bonds is 3. The number of amides is 1. The molecule has 0 aliphatic rings. The van der Waals surface area contributed by atoms with Crippen molar-refractivity contribution in [3.63, 3.8) is 0 Å². The minimum Gasteiger partial charge on any atom is -0.347 e. The average molecular weight is 273 g/mol. The maximum atomic E-state index is 12.4. The third-order valence-corrected chi connectivity index (χ3v) is 3.13. The van der Waals surface area contributed by atoms with E-state index in [9.17, 15) is 4.79 Å². The third kappa shape index (κ3) is 3.59. The number of hydrogen-bond donors (Lipinski definition) is 2. The number of aromatic amines is 1. The van der Waals surface area contributed by atoms with Gasteiger partial charge in [0, 0.05) is 16.5 Å². The first-order valence-corrected chi connectivity index (χ1v) is 6.92. The maximum Gasteiger partial charge on any atom is 0.251 e. The Kier molecular flexibility index (Phi) is 3.59. The van der Waals surface area contributed by atoms with Crippen molar-refractivity contribution in [2.75, 3.05) is 0 Å². The Morgan fingerprint density at radius 3 is 2.60 bits per heavy atom. The summed E-state index contributed by atoms with van der Waals surface area (Å²) in [7, 11) is 0. The fourth-order valence-corrected chi connectivity index (χ4v) is 2.83. The van der Waals surface area contributed by atoms with Crippen molar-refractivity contribution in [1.29, 1.82) is 0 Å². The van der Waals surface area contributed by atoms with Crippen molar-refractivity contribution in [3.8, 4) is 0 Å². The highest BCUT2D eigenvalue weighted by atomic mass is 16.1. The summed E-state index contributed by atoms with van der Waals surface area (Å²) in [6.45, 7) is 10.7. The molecule has 1 heterocycles. The van der Waals surface area contributed by atoms with Crippen molar-refractivity contribution in [2.45, 2.75) is 46.6 Å². The van der Waals surface area contributed by atoms with E-state index in [4.69, 9.17) is 0 Å². The molecule has 2 N–H and O–H groups in total. The van der Waals surface area contributed by atoms with Crippen LogP contribution >= 0.6 is 0 Å². The lowest BCUT2D eigenvalue weighted by Gasteiger charge is -2.33. The average Bonchev–Trinajstić information content (AvgIpc) is 2.71. The zero-order valence-electron chi connectivity index (χ0n) is 12.9. The number of hydrogen-bond acceptors (Lipinski definition) is 2. The zero-order chi connectivity index (χ0) is 15.0. The summed E-state index contributed by atoms with van der Waals surface area (Å²) in [5, 5.41) is 10.9. The number of aromatic nitrogens is 2. The number of carbonyl (C=O) groups is 1. The molecule has 0 saturated heterocycles. The van der Waals surface area contributed by atoms with E-state index in [-0.39, 0.29) is 16.9 Å². The van der Waals surface area contributed by atoms with Crippen LogP contribution in [0.15, 0.2) is 24.4 Å². The first-order chi connectivity index (χ1) is 9.16. The van der Waals surface area contributed by atoms with Gasteiger partial charge in [0.05, 0.1) is 11.7 Å². The third-order valence-electron chi connectivity index (χ3n) is 3.13. The standard InChI is InChI=1S/C16H23N3O/c1-15(2,3)10-16(4,5)18-14(20)11-6-7-13-12(8-11)9-17-19-13/h6-9H,10H2,1-5H3,(H,17,19)(H,18,20). The Morgan fingerprint density at radius 1 is 1.25 bits per heavy atom. The van der Waals surface area contributed by atoms with Gasteiger partial charge in [-0.2, -0.15) is 5.10 Å². The van der Waals surface area contributed by atoms with Gasteiger partial charge in [-0.05, 0) is 43.9 Å². The topological polar surface area (TPSA) is 57.8 Å². The van der Waals surface area contributed by atoms with E-state index in [0.717, 1.165) is 17.3 Å². The van der Waals surface area contributed by atoms with Crippen molar-refractivity contribution in [3.05, 3.63) is 30.0 Å². The molecule has 0 bridgehead atoms. The van der Waals surface area contributed by atoms with Gasteiger partial charge in [0.1, 0.15) is 0 Å². The number of fused-ring (bicyclic) bond motifs is 1. The van der Waals surface area contributed by atoms with Crippen molar-refractivity contribution in [1.82, 2.24) is 15.5 Å². The van der Waals surface area contributed by atoms with Crippen LogP contribution in [-0.2, 0) is 0 Å². The molecule has 108 valence electrons. The second kappa shape index (κ2) is 4.93. The fraction of sp³-hybridized carbons (Fsp3) is 0.500. The summed E-state index contributed by atoms with van der Waals surface area (Å²) in [6.07, 6.45) is 2.64. The Balaban J connectivity index is 2.14. The maximum absolute atomic E-state index is 12.4. The molecule has 1 aromatic carbocycles. The number of carbonyl (C=O) groups excluding carboxylic acids is 1. The number of nitrogens with zero attached hydrogens (tertiary/aromatic N) is 1. The van der Waals surface area contributed by atoms with Crippen LogP contribution in [0.3, 0.4) is 0 Å². The molecule has 4 heteroatoms. The van der Waals surface area contributed by atoms with Crippen LogP contribution in [0, 0.1) is 5.41 Å². The van der Waals surface area contributed by atoms with Gasteiger partial charge in [-0.1, -0.05) is 20.8 Å². The molecule has 4 nitrogen and oxygen atoms in total. The van der Waals surface area contributed by atoms with E-state index in [1.165, 1.54) is 0 Å². The summed E-state index contributed by atoms with van der Waals surface area (Å²) in [6, 6.07) is 5.57. The zero-order valence-corrected chi connectivity index (χ0v) is 12.9. The van der Waals surface area contributed by atoms with Gasteiger partial charge in [0.25, 0.3) is 5.91 Å². The minimum absolute atomic E-state index is 0.0395. The van der Waals surface area contributed by atoms with Crippen molar-refractivity contribution < 1.29 is 4.79 Å². The number of benzene rings is 1. The first-order valence-electron chi connectivity index (χ1n) is 6.92. The molecule has 0 saturated carbocycles. The summed E-state index contributed by atoms with van der Waals surface area (Å²) in [5.41, 5.74) is 1.54. The minimum atomic E-state index is -0.235. The molecular weight excluding hydrogens is 250 g/mol. The van der Waals surface area contributed by atoms with Crippen molar-refractivity contribution >= 4 is 16.8 Å². The summed E-state index contributed by atoms with van der Waals surface area (Å²) >= 11 is 0. The lowest BCUT2D eigenvalue weighted by Crippen LogP contribution is -2.45. The van der Waals surface area contributed by atoms with Crippen molar-refractivity contribution in [2.24, 2.45) is 5.41 Å². The summed E-state index contributed by atoms with van der Waals surface area (Å²) in [5.74, 6) is -0.0395. The molecule has 20 heavy (non-hydrogen) atoms. The summed E-state index contributed by atoms with van der Waals surface area (Å²) in [4.78, 5) is 12.4. The van der Waals surface area contributed by atoms with E-state index >= 15 is 0 Å². The van der Waals surface area contributed by atoms with Gasteiger partial charge in [-0.3, -0.25) is 9.89 Å². The SMILES string of the molecule is CC(C)(C)CC(C)(C)NC(=O)c1ccc2[nH]ncc2c1. The number of H-pyrrole nitrogens is 1. The Labute approximate surface area is 120 Å². The Bertz CT molecular complexity index is 620. The molecule has 1 amide bonds. The predicted molar refractivity (Wildman–Crippen MR) is 81.7 cm³/mol. The highest BCUT2D eigenvalue weighted by Crippen LogP contribution is 2.27. The molecule has 0 aliphatic carbocycles. The molecule has 0 atom stereocenters. The van der Waals surface area contributed by atoms with Gasteiger partial charge < -0.3 is 5.32 Å². The van der Waals surface area contributed by atoms with Gasteiger partial charge >= 0.3 is 0 Å². The predicted octanol–water partition coefficient (Wildman–Crippen LogP) is 3.51. The first kappa shape index (κ1) is 14.6. The quantitative estimate of drug-likeness (QED) is 0.899. The smallest absolute Gasteiger partial charge is 0.251 e. The molecule has 0 radical (unpaired) electrons. The molecule has 0 unspecified atom stereocenters. The van der Waals surface area contributed by atoms with Gasteiger partial charge in [0.15, 0.2) is 0 Å². The normalized spacial score (nSPS) is 12.7. The largest absolute Gasteiger partial charge is 0.347 e. The fourth-order valence-electron chi connectivity index (χ4n) is 2.83. The summed E-state index contributed by atoms with van der Waals surface area (Å²) < 4.78 is 0. The highest BCUT2D eigenvalue weighted by Gasteiger charge is 2.27. The second-order valence-electron chi connectivity index (χ2n) is 7.25. The Morgan fingerprint density at radius 2 is 1.95 bits per heavy atom. The van der Waals surface area contributed by atoms with Crippen LogP contribution in [-0.4, -0.2) is 21.6 Å². The van der Waals surface area contributed by atoms with Crippen LogP contribution in [0.2, 0.25) is 0 Å². The van der Waals surface area contributed by atoms with Crippen LogP contribution in [0.1, 0.15) is 51.4 Å². The van der Waals surface area contributed by atoms with Gasteiger partial charge in [-0.15, -0.1) is 0 Å². The lowest BCUT2D eigenvalue weighted by atomic mass is 9.81. The lowest BCUT2D eigenvalue weighted by molar-refractivity contribution is 0.0891. The van der Waals surface area contributed by atoms with Crippen LogP contribution < -0.4 is 5.32 Å². The van der Waals surface area contributed by atoms with Crippen LogP contribution in [0.5, 0.6) is 0 Å². The van der Waals surface area contributed by atoms with E-state index in [1.54, 1.807) is 6.20 Å². The van der Waals surface area contributed by atoms with E-state index in [1.807, 2.05) is 18.2 Å². The molecule has 0 aliphatic heterocycles. The second-order valence-corrected chi connectivity index (χ2v) is 7.25. The monoisotopic (exact) mass is 273 g/mol. The molecule has 2 rings (SSSR count). The molecule has 0 fully saturated rings. The van der Waals surface area contributed by atoms with Gasteiger partial charge in [-0.25, -0.2) is 0 Å². The molecular formula is C16H23N3O. The highest BCUT2D eigenvalue weighted by molar-refractivity contribution is 5.98. The molecule has 2 aromatic rings. The van der Waals surface area contributed by atoms with Gasteiger partial charge in [0.2, 0.25) is 0 Å². The van der Waals surface area contributed by atoms with Crippen LogP contribution in [0.4, 0.5) is 0 Å². The molecule has 0 spiro atoms. The van der Waals surface area contributed by atoms with E-state index < -0.39 is 0 Å². The molecule has 1 aromatic heterocycles. The van der Waals surface area contributed by atoms with E-state index in [2.05, 4.69) is 50.1 Å². The Hall–Kier alpha value is -1.84. The van der Waals surface area contributed by atoms with Crippen LogP contribution in [0.25, 0.3) is 10.9 Å². The number of nitrogens with one attached hydrogen (secondary N) is 2. The van der Waals surface area contributed by atoms with E-state index in [0.29, 0.717) is 5.56 Å².